The molecule has 0 amide bonds. The van der Waals surface area contributed by atoms with Crippen LogP contribution in [0.4, 0.5) is 0 Å². The Morgan fingerprint density at radius 1 is 0.842 bits per heavy atom. The fraction of sp³-hybridized carbons (Fsp3) is 0.344. The summed E-state index contributed by atoms with van der Waals surface area (Å²) in [6, 6.07) is 23.5. The lowest BCUT2D eigenvalue weighted by Gasteiger charge is -2.32. The van der Waals surface area contributed by atoms with Gasteiger partial charge in [-0.3, -0.25) is 4.90 Å². The van der Waals surface area contributed by atoms with Gasteiger partial charge in [-0.2, -0.15) is 0 Å². The Morgan fingerprint density at radius 3 is 2.47 bits per heavy atom. The molecule has 6 rings (SSSR count). The number of amidine groups is 1. The average molecular weight is 510 g/mol. The summed E-state index contributed by atoms with van der Waals surface area (Å²) in [7, 11) is 0. The molecule has 0 aliphatic carbocycles. The Morgan fingerprint density at radius 2 is 1.63 bits per heavy atom. The van der Waals surface area contributed by atoms with Crippen LogP contribution in [0.2, 0.25) is 0 Å². The van der Waals surface area contributed by atoms with Gasteiger partial charge < -0.3 is 19.1 Å². The maximum Gasteiger partial charge on any atom is 0.231 e. The van der Waals surface area contributed by atoms with E-state index in [1.54, 1.807) is 0 Å². The molecule has 6 nitrogen and oxygen atoms in total. The molecule has 6 heteroatoms. The van der Waals surface area contributed by atoms with Gasteiger partial charge in [0, 0.05) is 50.9 Å². The number of hydrogen-bond donors (Lipinski definition) is 0. The molecule has 0 N–H and O–H groups in total. The Labute approximate surface area is 225 Å². The maximum absolute atomic E-state index is 5.86. The van der Waals surface area contributed by atoms with Crippen molar-refractivity contribution in [3.63, 3.8) is 0 Å². The molecule has 0 unspecified atom stereocenters. The zero-order valence-corrected chi connectivity index (χ0v) is 22.1. The monoisotopic (exact) mass is 509 g/mol. The van der Waals surface area contributed by atoms with Crippen LogP contribution in [0.3, 0.4) is 0 Å². The highest BCUT2D eigenvalue weighted by atomic mass is 16.7. The summed E-state index contributed by atoms with van der Waals surface area (Å²) in [4.78, 5) is 9.90. The number of fused-ring (bicyclic) bond motifs is 2. The molecule has 0 saturated carbocycles. The van der Waals surface area contributed by atoms with E-state index in [-0.39, 0.29) is 0 Å². The number of hydrogen-bond acceptors (Lipinski definition) is 6. The summed E-state index contributed by atoms with van der Waals surface area (Å²) >= 11 is 0. The van der Waals surface area contributed by atoms with Crippen molar-refractivity contribution in [3.8, 4) is 17.2 Å². The minimum absolute atomic E-state index is 0.292. The lowest BCUT2D eigenvalue weighted by atomic mass is 10.1. The third-order valence-electron chi connectivity index (χ3n) is 7.31. The average Bonchev–Trinajstić information content (AvgIpc) is 3.61. The smallest absolute Gasteiger partial charge is 0.231 e. The third-order valence-corrected chi connectivity index (χ3v) is 7.31. The van der Waals surface area contributed by atoms with Crippen LogP contribution in [-0.4, -0.2) is 48.7 Å². The largest absolute Gasteiger partial charge is 0.493 e. The third kappa shape index (κ3) is 5.55. The lowest BCUT2D eigenvalue weighted by molar-refractivity contribution is 0.174. The first-order chi connectivity index (χ1) is 18.7. The van der Waals surface area contributed by atoms with Gasteiger partial charge in [-0.05, 0) is 46.9 Å². The summed E-state index contributed by atoms with van der Waals surface area (Å²) in [5, 5.41) is 0. The molecular weight excluding hydrogens is 474 g/mol. The molecule has 3 aromatic rings. The molecule has 0 spiro atoms. The van der Waals surface area contributed by atoms with Crippen molar-refractivity contribution in [1.82, 2.24) is 9.80 Å². The van der Waals surface area contributed by atoms with Gasteiger partial charge in [0.15, 0.2) is 11.5 Å². The molecule has 0 radical (unpaired) electrons. The number of rotatable bonds is 10. The number of benzene rings is 3. The SMILES string of the molecule is CCCCN1CC(CN(Cc2ccc3c(c2)OCC3)Cc2ccc3c(c2)OCO3)=CN=C1c1ccccc1. The topological polar surface area (TPSA) is 46.5 Å². The van der Waals surface area contributed by atoms with Gasteiger partial charge in [-0.15, -0.1) is 0 Å². The number of nitrogens with zero attached hydrogens (tertiary/aromatic N) is 3. The van der Waals surface area contributed by atoms with Gasteiger partial charge in [-0.25, -0.2) is 4.99 Å². The molecule has 3 heterocycles. The summed E-state index contributed by atoms with van der Waals surface area (Å²) in [5.41, 5.74) is 6.27. The van der Waals surface area contributed by atoms with Crippen LogP contribution in [0.5, 0.6) is 17.2 Å². The minimum atomic E-state index is 0.292. The molecule has 0 atom stereocenters. The summed E-state index contributed by atoms with van der Waals surface area (Å²) < 4.78 is 17.0. The second-order valence-electron chi connectivity index (χ2n) is 10.3. The normalized spacial score (nSPS) is 15.8. The molecular formula is C32H35N3O3. The molecule has 0 fully saturated rings. The predicted molar refractivity (Wildman–Crippen MR) is 150 cm³/mol. The number of unbranched alkanes of at least 4 members (excludes halogenated alkanes) is 1. The van der Waals surface area contributed by atoms with Crippen LogP contribution in [-0.2, 0) is 19.5 Å². The highest BCUT2D eigenvalue weighted by Crippen LogP contribution is 2.33. The highest BCUT2D eigenvalue weighted by Gasteiger charge is 2.22. The van der Waals surface area contributed by atoms with E-state index in [1.165, 1.54) is 27.8 Å². The van der Waals surface area contributed by atoms with Crippen LogP contribution < -0.4 is 14.2 Å². The summed E-state index contributed by atoms with van der Waals surface area (Å²) in [6.07, 6.45) is 5.39. The molecule has 196 valence electrons. The van der Waals surface area contributed by atoms with Crippen LogP contribution in [0.15, 0.2) is 83.5 Å². The van der Waals surface area contributed by atoms with E-state index in [1.807, 2.05) is 6.07 Å². The number of aliphatic imine (C=N–C) groups is 1. The van der Waals surface area contributed by atoms with Crippen molar-refractivity contribution in [2.45, 2.75) is 39.3 Å². The Bertz CT molecular complexity index is 1280. The van der Waals surface area contributed by atoms with Gasteiger partial charge in [0.25, 0.3) is 0 Å². The zero-order chi connectivity index (χ0) is 25.7. The van der Waals surface area contributed by atoms with Crippen LogP contribution in [0.1, 0.15) is 42.0 Å². The van der Waals surface area contributed by atoms with Crippen LogP contribution in [0.25, 0.3) is 0 Å². The van der Waals surface area contributed by atoms with E-state index in [0.717, 1.165) is 81.7 Å². The van der Waals surface area contributed by atoms with Crippen LogP contribution in [0, 0.1) is 0 Å². The van der Waals surface area contributed by atoms with Crippen LogP contribution >= 0.6 is 0 Å². The molecule has 3 aromatic carbocycles. The first-order valence-corrected chi connectivity index (χ1v) is 13.7. The van der Waals surface area contributed by atoms with E-state index >= 15 is 0 Å². The van der Waals surface area contributed by atoms with Gasteiger partial charge in [-0.1, -0.05) is 61.9 Å². The van der Waals surface area contributed by atoms with Gasteiger partial charge in [0.2, 0.25) is 6.79 Å². The molecule has 38 heavy (non-hydrogen) atoms. The number of ether oxygens (including phenoxy) is 3. The molecule has 3 aliphatic rings. The van der Waals surface area contributed by atoms with E-state index in [4.69, 9.17) is 19.2 Å². The molecule has 3 aliphatic heterocycles. The fourth-order valence-electron chi connectivity index (χ4n) is 5.38. The first kappa shape index (κ1) is 24.6. The van der Waals surface area contributed by atoms with Gasteiger partial charge in [0.05, 0.1) is 6.61 Å². The maximum atomic E-state index is 5.86. The lowest BCUT2D eigenvalue weighted by Crippen LogP contribution is -2.38. The predicted octanol–water partition coefficient (Wildman–Crippen LogP) is 5.80. The van der Waals surface area contributed by atoms with Crippen molar-refractivity contribution >= 4 is 5.84 Å². The van der Waals surface area contributed by atoms with Gasteiger partial charge >= 0.3 is 0 Å². The van der Waals surface area contributed by atoms with Crippen molar-refractivity contribution in [3.05, 3.63) is 101 Å². The van der Waals surface area contributed by atoms with Crippen molar-refractivity contribution in [2.75, 3.05) is 33.0 Å². The highest BCUT2D eigenvalue weighted by molar-refractivity contribution is 5.99. The second kappa shape index (κ2) is 11.3. The Kier molecular flexibility index (Phi) is 7.31. The minimum Gasteiger partial charge on any atom is -0.493 e. The summed E-state index contributed by atoms with van der Waals surface area (Å²) in [5.74, 6) is 3.75. The van der Waals surface area contributed by atoms with E-state index in [2.05, 4.69) is 83.6 Å². The Balaban J connectivity index is 1.25. The first-order valence-electron chi connectivity index (χ1n) is 13.7. The van der Waals surface area contributed by atoms with Crippen molar-refractivity contribution in [2.24, 2.45) is 4.99 Å². The molecule has 0 bridgehead atoms. The zero-order valence-electron chi connectivity index (χ0n) is 22.1. The standard InChI is InChI=1S/C32H35N3O3/c1-2-3-14-35-22-26(18-33-32(35)28-7-5-4-6-8-28)21-34(19-24-9-11-27-13-15-36-30(27)16-24)20-25-10-12-29-31(17-25)38-23-37-29/h4-12,16-18H,2-3,13-15,19-23H2,1H3. The molecule has 0 saturated heterocycles. The van der Waals surface area contributed by atoms with Gasteiger partial charge in [0.1, 0.15) is 11.6 Å². The quantitative estimate of drug-likeness (QED) is 0.346. The van der Waals surface area contributed by atoms with E-state index in [9.17, 15) is 0 Å². The molecule has 0 aromatic heterocycles. The second-order valence-corrected chi connectivity index (χ2v) is 10.3. The summed E-state index contributed by atoms with van der Waals surface area (Å²) in [6.45, 7) is 7.67. The van der Waals surface area contributed by atoms with Crippen molar-refractivity contribution < 1.29 is 14.2 Å². The Hall–Kier alpha value is -3.77. The van der Waals surface area contributed by atoms with E-state index in [0.29, 0.717) is 6.79 Å². The van der Waals surface area contributed by atoms with Crippen molar-refractivity contribution in [1.29, 1.82) is 0 Å². The fourth-order valence-corrected chi connectivity index (χ4v) is 5.38. The van der Waals surface area contributed by atoms with E-state index < -0.39 is 0 Å².